The molecule has 142 valence electrons. The molecule has 30 heavy (non-hydrogen) atoms. The number of carbonyl (C=O) groups is 4. The van der Waals surface area contributed by atoms with E-state index in [1.165, 1.54) is 0 Å². The van der Waals surface area contributed by atoms with Crippen LogP contribution in [-0.4, -0.2) is 23.9 Å². The minimum atomic E-state index is -0.657. The van der Waals surface area contributed by atoms with Crippen LogP contribution in [0, 0.1) is 5.92 Å². The molecule has 0 radical (unpaired) electrons. The fourth-order valence-electron chi connectivity index (χ4n) is 5.35. The second kappa shape index (κ2) is 4.91. The van der Waals surface area contributed by atoms with Gasteiger partial charge in [-0.3, -0.25) is 4.79 Å². The zero-order valence-electron chi connectivity index (χ0n) is 15.2. The molecule has 2 aliphatic carbocycles. The minimum Gasteiger partial charge on any atom is -0.389 e. The summed E-state index contributed by atoms with van der Waals surface area (Å²) in [6, 6.07) is 7.02. The maximum atomic E-state index is 12.4. The number of ether oxygens (including phenoxy) is 2. The molecule has 1 fully saturated rings. The first-order chi connectivity index (χ1) is 14.5. The molecule has 3 aromatic carbocycles. The van der Waals surface area contributed by atoms with Gasteiger partial charge in [0.2, 0.25) is 0 Å². The van der Waals surface area contributed by atoms with Crippen LogP contribution in [0.2, 0.25) is 0 Å². The first kappa shape index (κ1) is 15.8. The van der Waals surface area contributed by atoms with Gasteiger partial charge in [-0.25, -0.2) is 14.4 Å². The van der Waals surface area contributed by atoms with Crippen LogP contribution in [0.4, 0.5) is 0 Å². The van der Waals surface area contributed by atoms with Gasteiger partial charge in [0.1, 0.15) is 0 Å². The van der Waals surface area contributed by atoms with E-state index in [4.69, 9.17) is 9.47 Å². The van der Waals surface area contributed by atoms with Crippen molar-refractivity contribution in [1.29, 1.82) is 0 Å². The number of allylic oxidation sites excluding steroid dienone is 1. The molecule has 3 aromatic rings. The monoisotopic (exact) mass is 394 g/mol. The first-order valence-corrected chi connectivity index (χ1v) is 9.52. The lowest BCUT2D eigenvalue weighted by Gasteiger charge is -2.36. The molecule has 2 unspecified atom stereocenters. The van der Waals surface area contributed by atoms with Crippen molar-refractivity contribution in [2.75, 3.05) is 0 Å². The van der Waals surface area contributed by atoms with Crippen LogP contribution in [0.25, 0.3) is 33.7 Å². The van der Waals surface area contributed by atoms with Gasteiger partial charge < -0.3 is 9.47 Å². The van der Waals surface area contributed by atoms with Crippen molar-refractivity contribution in [3.8, 4) is 0 Å². The maximum Gasteiger partial charge on any atom is 0.346 e. The summed E-state index contributed by atoms with van der Waals surface area (Å²) < 4.78 is 9.81. The zero-order chi connectivity index (χ0) is 20.3. The van der Waals surface area contributed by atoms with E-state index < -0.39 is 35.7 Å². The molecular weight excluding hydrogens is 384 g/mol. The molecule has 0 bridgehead atoms. The van der Waals surface area contributed by atoms with Gasteiger partial charge in [-0.2, -0.15) is 0 Å². The number of rotatable bonds is 0. The lowest BCUT2D eigenvalue weighted by molar-refractivity contribution is -0.162. The Labute approximate surface area is 168 Å². The van der Waals surface area contributed by atoms with Crippen molar-refractivity contribution < 1.29 is 28.7 Å². The second-order valence-corrected chi connectivity index (χ2v) is 7.85. The number of hydrogen-bond acceptors (Lipinski definition) is 6. The number of fused-ring (bicyclic) bond motifs is 2. The Hall–Kier alpha value is -4.06. The molecule has 2 heterocycles. The molecule has 7 rings (SSSR count). The third-order valence-electron chi connectivity index (χ3n) is 6.55. The van der Waals surface area contributed by atoms with Crippen LogP contribution >= 0.6 is 0 Å². The largest absolute Gasteiger partial charge is 0.389 e. The predicted molar refractivity (Wildman–Crippen MR) is 105 cm³/mol. The normalized spacial score (nSPS) is 23.1. The molecule has 0 spiro atoms. The van der Waals surface area contributed by atoms with Gasteiger partial charge in [0.05, 0.1) is 17.0 Å². The fourth-order valence-corrected chi connectivity index (χ4v) is 5.35. The first-order valence-electron chi connectivity index (χ1n) is 9.52. The molecule has 1 saturated heterocycles. The Morgan fingerprint density at radius 3 is 2.23 bits per heavy atom. The van der Waals surface area contributed by atoms with Crippen LogP contribution < -0.4 is 5.22 Å². The van der Waals surface area contributed by atoms with Crippen LogP contribution in [0.1, 0.15) is 37.8 Å². The summed E-state index contributed by atoms with van der Waals surface area (Å²) in [6.07, 6.45) is 7.21. The standard InChI is InChI=1S/C24H10O6/c25-21-13-5-1-9-10-2-6-15-20-16(24(28)30-23(15)27)8-4-12(18(10)20)11-3-7-14(22(26)29-21)19(13)17(9)11/h1-8,13,19H. The van der Waals surface area contributed by atoms with Crippen molar-refractivity contribution in [1.82, 2.24) is 0 Å². The Balaban J connectivity index is 1.73. The number of carbonyl (C=O) groups excluding carboxylic acids is 4. The van der Waals surface area contributed by atoms with E-state index in [0.717, 1.165) is 32.5 Å². The van der Waals surface area contributed by atoms with E-state index in [0.29, 0.717) is 22.1 Å². The molecule has 6 heteroatoms. The van der Waals surface area contributed by atoms with Gasteiger partial charge in [0.15, 0.2) is 0 Å². The molecule has 0 amide bonds. The summed E-state index contributed by atoms with van der Waals surface area (Å²) in [5.41, 5.74) is 2.98. The highest BCUT2D eigenvalue weighted by molar-refractivity contribution is 6.28. The average Bonchev–Trinajstić information content (AvgIpc) is 2.74. The van der Waals surface area contributed by atoms with Gasteiger partial charge >= 0.3 is 23.9 Å². The highest BCUT2D eigenvalue weighted by atomic mass is 16.6. The van der Waals surface area contributed by atoms with Crippen LogP contribution in [0.5, 0.6) is 0 Å². The van der Waals surface area contributed by atoms with Crippen molar-refractivity contribution in [3.05, 3.63) is 69.5 Å². The van der Waals surface area contributed by atoms with Crippen molar-refractivity contribution in [2.24, 2.45) is 5.92 Å². The van der Waals surface area contributed by atoms with Gasteiger partial charge in [0, 0.05) is 16.9 Å². The molecule has 6 nitrogen and oxygen atoms in total. The van der Waals surface area contributed by atoms with Crippen LogP contribution in [-0.2, 0) is 19.1 Å². The summed E-state index contributed by atoms with van der Waals surface area (Å²) in [7, 11) is 0. The molecule has 4 aliphatic rings. The van der Waals surface area contributed by atoms with E-state index in [1.54, 1.807) is 24.3 Å². The van der Waals surface area contributed by atoms with Crippen LogP contribution in [0.15, 0.2) is 42.0 Å². The van der Waals surface area contributed by atoms with Gasteiger partial charge in [-0.15, -0.1) is 0 Å². The second-order valence-electron chi connectivity index (χ2n) is 7.85. The number of hydrogen-bond donors (Lipinski definition) is 0. The molecule has 2 aliphatic heterocycles. The minimum absolute atomic E-state index is 0.357. The molecule has 0 saturated carbocycles. The Morgan fingerprint density at radius 2 is 1.47 bits per heavy atom. The lowest BCUT2D eigenvalue weighted by Crippen LogP contribution is -2.40. The summed E-state index contributed by atoms with van der Waals surface area (Å²) in [5, 5.41) is 4.01. The smallest absolute Gasteiger partial charge is 0.346 e. The van der Waals surface area contributed by atoms with Crippen LogP contribution in [0.3, 0.4) is 0 Å². The summed E-state index contributed by atoms with van der Waals surface area (Å²) in [4.78, 5) is 49.4. The molecule has 0 aromatic heterocycles. The Kier molecular flexibility index (Phi) is 2.59. The molecule has 2 atom stereocenters. The molecular formula is C24H10O6. The highest BCUT2D eigenvalue weighted by Crippen LogP contribution is 2.47. The third kappa shape index (κ3) is 1.63. The molecule has 0 N–H and O–H groups in total. The van der Waals surface area contributed by atoms with Gasteiger partial charge in [0.25, 0.3) is 0 Å². The summed E-state index contributed by atoms with van der Waals surface area (Å²) in [5.74, 6) is -3.42. The average molecular weight is 394 g/mol. The van der Waals surface area contributed by atoms with E-state index in [2.05, 4.69) is 0 Å². The SMILES string of the molecule is O=C1OC(=O)C2C=Cc3c4c(c5ccc6c7c(ccc3c75)C(=O)OC6=O)=CC=C1C42. The zero-order valence-corrected chi connectivity index (χ0v) is 15.2. The Bertz CT molecular complexity index is 1550. The summed E-state index contributed by atoms with van der Waals surface area (Å²) >= 11 is 0. The van der Waals surface area contributed by atoms with Crippen molar-refractivity contribution >= 4 is 57.6 Å². The summed E-state index contributed by atoms with van der Waals surface area (Å²) in [6.45, 7) is 0. The quantitative estimate of drug-likeness (QED) is 0.430. The number of benzene rings is 3. The van der Waals surface area contributed by atoms with Crippen molar-refractivity contribution in [2.45, 2.75) is 5.92 Å². The lowest BCUT2D eigenvalue weighted by atomic mass is 9.69. The van der Waals surface area contributed by atoms with E-state index >= 15 is 0 Å². The topological polar surface area (TPSA) is 86.7 Å². The predicted octanol–water partition coefficient (Wildman–Crippen LogP) is 2.55. The highest BCUT2D eigenvalue weighted by Gasteiger charge is 2.45. The Morgan fingerprint density at radius 1 is 0.733 bits per heavy atom. The fraction of sp³-hybridized carbons (Fsp3) is 0.0833. The van der Waals surface area contributed by atoms with E-state index in [1.807, 2.05) is 24.3 Å². The van der Waals surface area contributed by atoms with Gasteiger partial charge in [-0.05, 0) is 44.6 Å². The van der Waals surface area contributed by atoms with Crippen molar-refractivity contribution in [3.63, 3.8) is 0 Å². The van der Waals surface area contributed by atoms with E-state index in [-0.39, 0.29) is 0 Å². The maximum absolute atomic E-state index is 12.4. The van der Waals surface area contributed by atoms with Gasteiger partial charge in [-0.1, -0.05) is 36.4 Å². The number of cyclic esters (lactones) is 4. The van der Waals surface area contributed by atoms with E-state index in [9.17, 15) is 19.2 Å². The third-order valence-corrected chi connectivity index (χ3v) is 6.55. The number of esters is 4.